The summed E-state index contributed by atoms with van der Waals surface area (Å²) in [6.07, 6.45) is 19.0. The Hall–Kier alpha value is 0.409. The Morgan fingerprint density at radius 2 is 1.41 bits per heavy atom. The van der Waals surface area contributed by atoms with E-state index in [2.05, 4.69) is 15.9 Å². The van der Waals surface area contributed by atoms with Crippen molar-refractivity contribution >= 4 is 21.7 Å². The average Bonchev–Trinajstić information content (AvgIpc) is 3.00. The Morgan fingerprint density at radius 3 is 1.76 bits per heavy atom. The van der Waals surface area contributed by atoms with Gasteiger partial charge in [0.2, 0.25) is 0 Å². The van der Waals surface area contributed by atoms with Crippen molar-refractivity contribution in [2.45, 2.75) is 6.92 Å². The number of rotatable bonds is 2. The fraction of sp³-hybridized carbons (Fsp3) is 0.0714. The minimum atomic E-state index is 0. The van der Waals surface area contributed by atoms with Crippen LogP contribution >= 0.6 is 15.9 Å². The van der Waals surface area contributed by atoms with E-state index in [1.165, 1.54) is 0 Å². The molecule has 0 aromatic heterocycles. The van der Waals surface area contributed by atoms with Crippen LogP contribution in [0.1, 0.15) is 6.92 Å². The smallest absolute Gasteiger partial charge is 0.293 e. The molecule has 0 unspecified atom stereocenters. The van der Waals surface area contributed by atoms with E-state index in [1.807, 2.05) is 51.9 Å². The second kappa shape index (κ2) is 10.3. The van der Waals surface area contributed by atoms with Crippen molar-refractivity contribution in [2.75, 3.05) is 0 Å². The van der Waals surface area contributed by atoms with Gasteiger partial charge in [0.1, 0.15) is 0 Å². The van der Waals surface area contributed by atoms with Gasteiger partial charge in [0.25, 0.3) is 0 Å². The van der Waals surface area contributed by atoms with E-state index < -0.39 is 0 Å². The minimum Gasteiger partial charge on any atom is -0.293 e. The van der Waals surface area contributed by atoms with Gasteiger partial charge in [-0.2, -0.15) is 0 Å². The third-order valence-electron chi connectivity index (χ3n) is 1.95. The van der Waals surface area contributed by atoms with Gasteiger partial charge in [-0.1, -0.05) is 6.08 Å². The normalized spacial score (nSPS) is 20.5. The molecule has 88 valence electrons. The summed E-state index contributed by atoms with van der Waals surface area (Å²) in [5.74, 6) is 0.771. The number of halogens is 1. The van der Waals surface area contributed by atoms with Gasteiger partial charge in [-0.25, -0.2) is 0 Å². The molecule has 0 aromatic carbocycles. The molecule has 0 saturated heterocycles. The van der Waals surface area contributed by atoms with Crippen LogP contribution in [0.4, 0.5) is 0 Å². The Bertz CT molecular complexity index is 233. The maximum Gasteiger partial charge on any atom is 2.00 e. The van der Waals surface area contributed by atoms with Crippen LogP contribution in [0.2, 0.25) is 0 Å². The molecule has 2 saturated carbocycles. The molecule has 0 heterocycles. The van der Waals surface area contributed by atoms with Gasteiger partial charge in [-0.3, -0.25) is 4.79 Å². The van der Waals surface area contributed by atoms with Crippen LogP contribution in [0.15, 0.2) is 10.6 Å². The van der Waals surface area contributed by atoms with Gasteiger partial charge in [0.15, 0.2) is 5.78 Å². The van der Waals surface area contributed by atoms with Crippen LogP contribution in [0.3, 0.4) is 0 Å². The zero-order valence-corrected chi connectivity index (χ0v) is 12.1. The Kier molecular flexibility index (Phi) is 10.6. The van der Waals surface area contributed by atoms with E-state index >= 15 is 0 Å². The molecule has 1 nitrogen and oxygen atoms in total. The Morgan fingerprint density at radius 1 is 1.00 bits per heavy atom. The third-order valence-corrected chi connectivity index (χ3v) is 2.77. The van der Waals surface area contributed by atoms with Gasteiger partial charge in [-0.15, -0.1) is 0 Å². The van der Waals surface area contributed by atoms with Crippen molar-refractivity contribution in [3.05, 3.63) is 74.3 Å². The third kappa shape index (κ3) is 6.78. The molecule has 2 rings (SSSR count). The van der Waals surface area contributed by atoms with Gasteiger partial charge >= 0.3 is 17.1 Å². The van der Waals surface area contributed by atoms with Crippen molar-refractivity contribution in [2.24, 2.45) is 0 Å². The molecule has 3 heteroatoms. The van der Waals surface area contributed by atoms with Crippen molar-refractivity contribution in [1.82, 2.24) is 0 Å². The Balaban J connectivity index is 0.000000360. The summed E-state index contributed by atoms with van der Waals surface area (Å²) in [7, 11) is 0. The molecule has 0 aliphatic heterocycles. The van der Waals surface area contributed by atoms with Gasteiger partial charge in [0.05, 0.1) is 10.4 Å². The van der Waals surface area contributed by atoms with E-state index in [4.69, 9.17) is 0 Å². The molecule has 10 radical (unpaired) electrons. The first-order chi connectivity index (χ1) is 7.75. The molecule has 0 aromatic rings. The summed E-state index contributed by atoms with van der Waals surface area (Å²) in [5.41, 5.74) is 0. The van der Waals surface area contributed by atoms with Crippen LogP contribution in [-0.2, 0) is 21.9 Å². The number of carbonyl (C=O) groups excluding carboxylic acids is 1. The van der Waals surface area contributed by atoms with Crippen molar-refractivity contribution in [1.29, 1.82) is 0 Å². The standard InChI is InChI=1S/C9H8BrO.C5H5.Fe/c1-2-8(10)9(11)7-5-3-4-6-7;1-2-4-5-3-1;/h2-6H,1H3;1-5H;/q;;+2/b8-2+;;. The molecule has 2 aliphatic carbocycles. The van der Waals surface area contributed by atoms with Crippen LogP contribution in [-0.4, -0.2) is 5.78 Å². The molecule has 0 atom stereocenters. The first-order valence-electron chi connectivity index (χ1n) is 5.00. The van der Waals surface area contributed by atoms with E-state index in [9.17, 15) is 4.79 Å². The zero-order valence-electron chi connectivity index (χ0n) is 9.41. The second-order valence-electron chi connectivity index (χ2n) is 3.10. The topological polar surface area (TPSA) is 17.1 Å². The summed E-state index contributed by atoms with van der Waals surface area (Å²) in [5, 5.41) is 0. The summed E-state index contributed by atoms with van der Waals surface area (Å²) in [6, 6.07) is 0. The van der Waals surface area contributed by atoms with Crippen molar-refractivity contribution < 1.29 is 21.9 Å². The van der Waals surface area contributed by atoms with Crippen LogP contribution < -0.4 is 0 Å². The first kappa shape index (κ1) is 17.4. The second-order valence-corrected chi connectivity index (χ2v) is 3.96. The molecular formula is C14H13BrFeO+2. The number of Topliss-reactive ketones (excluding diaryl/α,β-unsaturated/α-hetero) is 1. The molecule has 0 amide bonds. The maximum absolute atomic E-state index is 11.3. The quantitative estimate of drug-likeness (QED) is 0.560. The molecule has 0 bridgehead atoms. The predicted octanol–water partition coefficient (Wildman–Crippen LogP) is 3.28. The molecule has 2 fully saturated rings. The van der Waals surface area contributed by atoms with Gasteiger partial charge < -0.3 is 0 Å². The summed E-state index contributed by atoms with van der Waals surface area (Å²) in [6.45, 7) is 1.82. The molecule has 2 aliphatic rings. The number of hydrogen-bond acceptors (Lipinski definition) is 1. The molecular weight excluding hydrogens is 320 g/mol. The van der Waals surface area contributed by atoms with E-state index in [0.717, 1.165) is 5.92 Å². The summed E-state index contributed by atoms with van der Waals surface area (Å²) < 4.78 is 0.615. The molecule has 0 spiro atoms. The number of carbonyl (C=O) groups is 1. The summed E-state index contributed by atoms with van der Waals surface area (Å²) >= 11 is 3.18. The first-order valence-corrected chi connectivity index (χ1v) is 5.80. The fourth-order valence-electron chi connectivity index (χ4n) is 1.12. The number of allylic oxidation sites excluding steroid dienone is 2. The predicted molar refractivity (Wildman–Crippen MR) is 69.6 cm³/mol. The minimum absolute atomic E-state index is 0. The van der Waals surface area contributed by atoms with E-state index in [0.29, 0.717) is 4.48 Å². The van der Waals surface area contributed by atoms with Crippen LogP contribution in [0, 0.1) is 63.7 Å². The van der Waals surface area contributed by atoms with Crippen LogP contribution in [0.25, 0.3) is 0 Å². The fourth-order valence-corrected chi connectivity index (χ4v) is 1.34. The Labute approximate surface area is 124 Å². The van der Waals surface area contributed by atoms with Crippen LogP contribution in [0.5, 0.6) is 0 Å². The maximum atomic E-state index is 11.3. The van der Waals surface area contributed by atoms with Crippen molar-refractivity contribution in [3.63, 3.8) is 0 Å². The molecule has 17 heavy (non-hydrogen) atoms. The number of hydrogen-bond donors (Lipinski definition) is 0. The SMILES string of the molecule is C/C=C(/Br)C(=O)[C]1[CH][CH][CH][CH]1.[CH]1[CH][CH][CH][CH]1.[Fe+2]. The van der Waals surface area contributed by atoms with Crippen molar-refractivity contribution in [3.8, 4) is 0 Å². The van der Waals surface area contributed by atoms with Gasteiger partial charge in [0, 0.05) is 0 Å². The van der Waals surface area contributed by atoms with E-state index in [1.54, 1.807) is 18.9 Å². The van der Waals surface area contributed by atoms with E-state index in [-0.39, 0.29) is 22.9 Å². The monoisotopic (exact) mass is 332 g/mol. The zero-order chi connectivity index (χ0) is 11.8. The number of ketones is 1. The van der Waals surface area contributed by atoms with Gasteiger partial charge in [-0.05, 0) is 80.6 Å². The largest absolute Gasteiger partial charge is 2.00 e. The summed E-state index contributed by atoms with van der Waals surface area (Å²) in [4.78, 5) is 11.3. The average molecular weight is 333 g/mol. The molecule has 0 N–H and O–H groups in total.